The average Bonchev–Trinajstić information content (AvgIpc) is 3.39. The van der Waals surface area contributed by atoms with Crippen LogP contribution in [0.15, 0.2) is 65.9 Å². The predicted molar refractivity (Wildman–Crippen MR) is 113 cm³/mol. The number of benzene rings is 2. The molecule has 3 atom stereocenters. The molecule has 3 aliphatic rings. The van der Waals surface area contributed by atoms with E-state index < -0.39 is 59.3 Å². The lowest BCUT2D eigenvalue weighted by Gasteiger charge is -2.26. The summed E-state index contributed by atoms with van der Waals surface area (Å²) in [6, 6.07) is 8.28. The summed E-state index contributed by atoms with van der Waals surface area (Å²) in [6.45, 7) is 1.36. The van der Waals surface area contributed by atoms with Gasteiger partial charge in [0.25, 0.3) is 5.91 Å². The van der Waals surface area contributed by atoms with Crippen LogP contribution in [0.1, 0.15) is 35.1 Å². The number of fused-ring (bicyclic) bond motifs is 3. The van der Waals surface area contributed by atoms with Gasteiger partial charge in [0, 0.05) is 17.7 Å². The minimum absolute atomic E-state index is 0.0195. The molecule has 5 nitrogen and oxygen atoms in total. The molecule has 0 N–H and O–H groups in total. The van der Waals surface area contributed by atoms with E-state index in [2.05, 4.69) is 0 Å². The molecule has 11 heteroatoms. The van der Waals surface area contributed by atoms with E-state index in [0.29, 0.717) is 23.5 Å². The highest BCUT2D eigenvalue weighted by Crippen LogP contribution is 2.45. The summed E-state index contributed by atoms with van der Waals surface area (Å²) in [5.41, 5.74) is -1.71. The molecular formula is C25H17F6NO4. The van der Waals surface area contributed by atoms with Gasteiger partial charge in [-0.2, -0.15) is 26.3 Å². The number of halogens is 6. The van der Waals surface area contributed by atoms with E-state index in [0.717, 1.165) is 17.4 Å². The van der Waals surface area contributed by atoms with Gasteiger partial charge in [-0.25, -0.2) is 4.79 Å². The number of amides is 1. The maximum Gasteiger partial charge on any atom is 0.416 e. The SMILES string of the molecule is CC1=C[C@@H](O/C=C2/C(=O)OC3Cc4ccccc4C23)N(c2cc(C(F)(F)F)cc(C(F)(F)F)c2)C1=O. The van der Waals surface area contributed by atoms with Crippen LogP contribution in [-0.4, -0.2) is 24.2 Å². The maximum atomic E-state index is 13.4. The summed E-state index contributed by atoms with van der Waals surface area (Å²) in [6.07, 6.45) is -9.16. The van der Waals surface area contributed by atoms with Gasteiger partial charge in [0.15, 0.2) is 6.23 Å². The molecule has 2 unspecified atom stereocenters. The van der Waals surface area contributed by atoms with Crippen molar-refractivity contribution in [2.45, 2.75) is 43.9 Å². The molecule has 0 radical (unpaired) electrons. The third kappa shape index (κ3) is 4.02. The van der Waals surface area contributed by atoms with E-state index in [1.807, 2.05) is 18.2 Å². The highest BCUT2D eigenvalue weighted by molar-refractivity contribution is 6.08. The normalized spacial score (nSPS) is 24.6. The van der Waals surface area contributed by atoms with Crippen LogP contribution >= 0.6 is 0 Å². The van der Waals surface area contributed by atoms with Crippen LogP contribution in [0.4, 0.5) is 32.0 Å². The Bertz CT molecular complexity index is 1290. The van der Waals surface area contributed by atoms with Gasteiger partial charge < -0.3 is 9.47 Å². The number of anilines is 1. The maximum absolute atomic E-state index is 13.4. The van der Waals surface area contributed by atoms with Gasteiger partial charge in [-0.15, -0.1) is 0 Å². The van der Waals surface area contributed by atoms with Crippen molar-refractivity contribution >= 4 is 17.6 Å². The van der Waals surface area contributed by atoms with Gasteiger partial charge >= 0.3 is 18.3 Å². The quantitative estimate of drug-likeness (QED) is 0.237. The zero-order chi connectivity index (χ0) is 26.0. The lowest BCUT2D eigenvalue weighted by Crippen LogP contribution is -2.36. The largest absolute Gasteiger partial charge is 0.473 e. The standard InChI is InChI=1S/C25H17F6NO4/c1-12-6-20(35-11-18-21-17-5-3-2-4-13(17)7-19(21)36-23(18)34)32(22(12)33)16-9-14(24(26,27)28)8-15(10-16)25(29,30)31/h2-6,8-11,19-21H,7H2,1H3/b18-11+/t19?,20-,21?/m1/s1. The molecule has 36 heavy (non-hydrogen) atoms. The van der Waals surface area contributed by atoms with Crippen molar-refractivity contribution in [3.63, 3.8) is 0 Å². The van der Waals surface area contributed by atoms with E-state index in [1.54, 1.807) is 6.07 Å². The van der Waals surface area contributed by atoms with E-state index in [1.165, 1.54) is 13.0 Å². The van der Waals surface area contributed by atoms with Crippen LogP contribution in [0, 0.1) is 0 Å². The van der Waals surface area contributed by atoms with Crippen molar-refractivity contribution in [3.8, 4) is 0 Å². The summed E-state index contributed by atoms with van der Waals surface area (Å²) in [4.78, 5) is 25.9. The number of nitrogens with zero attached hydrogens (tertiary/aromatic N) is 1. The summed E-state index contributed by atoms with van der Waals surface area (Å²) in [5, 5.41) is 0. The van der Waals surface area contributed by atoms with Crippen LogP contribution in [0.3, 0.4) is 0 Å². The van der Waals surface area contributed by atoms with Gasteiger partial charge in [0.2, 0.25) is 0 Å². The van der Waals surface area contributed by atoms with E-state index in [-0.39, 0.29) is 17.2 Å². The highest BCUT2D eigenvalue weighted by Gasteiger charge is 2.47. The Morgan fingerprint density at radius 2 is 1.64 bits per heavy atom. The first-order valence-corrected chi connectivity index (χ1v) is 10.8. The number of ether oxygens (including phenoxy) is 2. The Morgan fingerprint density at radius 1 is 1.00 bits per heavy atom. The average molecular weight is 509 g/mol. The summed E-state index contributed by atoms with van der Waals surface area (Å²) in [7, 11) is 0. The van der Waals surface area contributed by atoms with Gasteiger partial charge in [-0.3, -0.25) is 9.69 Å². The number of hydrogen-bond acceptors (Lipinski definition) is 4. The number of alkyl halides is 6. The van der Waals surface area contributed by atoms with Gasteiger partial charge in [-0.05, 0) is 42.3 Å². The number of hydrogen-bond donors (Lipinski definition) is 0. The topological polar surface area (TPSA) is 55.8 Å². The monoisotopic (exact) mass is 509 g/mol. The minimum atomic E-state index is -5.09. The molecule has 188 valence electrons. The minimum Gasteiger partial charge on any atom is -0.473 e. The van der Waals surface area contributed by atoms with Crippen LogP contribution in [0.5, 0.6) is 0 Å². The van der Waals surface area contributed by atoms with Crippen LogP contribution in [0.2, 0.25) is 0 Å². The van der Waals surface area contributed by atoms with Crippen molar-refractivity contribution in [2.75, 3.05) is 4.90 Å². The number of rotatable bonds is 3. The summed E-state index contributed by atoms with van der Waals surface area (Å²) < 4.78 is 91.2. The Balaban J connectivity index is 1.51. The molecule has 0 aromatic heterocycles. The second-order valence-corrected chi connectivity index (χ2v) is 8.71. The van der Waals surface area contributed by atoms with Crippen LogP contribution in [-0.2, 0) is 37.8 Å². The fourth-order valence-corrected chi connectivity index (χ4v) is 4.74. The van der Waals surface area contributed by atoms with Crippen LogP contribution in [0.25, 0.3) is 0 Å². The molecule has 5 rings (SSSR count). The van der Waals surface area contributed by atoms with Crippen molar-refractivity contribution in [2.24, 2.45) is 0 Å². The first-order valence-electron chi connectivity index (χ1n) is 10.8. The molecular weight excluding hydrogens is 492 g/mol. The molecule has 2 aliphatic heterocycles. The molecule has 2 aromatic rings. The number of carbonyl (C=O) groups is 2. The molecule has 0 saturated carbocycles. The van der Waals surface area contributed by atoms with Crippen LogP contribution < -0.4 is 4.90 Å². The summed E-state index contributed by atoms with van der Waals surface area (Å²) in [5.74, 6) is -1.91. The first-order chi connectivity index (χ1) is 16.8. The van der Waals surface area contributed by atoms with Crippen molar-refractivity contribution < 1.29 is 45.4 Å². The molecule has 2 heterocycles. The molecule has 0 bridgehead atoms. The predicted octanol–water partition coefficient (Wildman–Crippen LogP) is 5.51. The Morgan fingerprint density at radius 3 is 2.28 bits per heavy atom. The smallest absolute Gasteiger partial charge is 0.416 e. The van der Waals surface area contributed by atoms with Crippen molar-refractivity contribution in [1.82, 2.24) is 0 Å². The van der Waals surface area contributed by atoms with E-state index in [9.17, 15) is 35.9 Å². The molecule has 1 fully saturated rings. The fraction of sp³-hybridized carbons (Fsp3) is 0.280. The second-order valence-electron chi connectivity index (χ2n) is 8.71. The Labute approximate surface area is 200 Å². The van der Waals surface area contributed by atoms with Gasteiger partial charge in [0.1, 0.15) is 6.10 Å². The molecule has 1 amide bonds. The van der Waals surface area contributed by atoms with Crippen molar-refractivity contribution in [3.05, 3.63) is 88.2 Å². The summed E-state index contributed by atoms with van der Waals surface area (Å²) >= 11 is 0. The van der Waals surface area contributed by atoms with Crippen molar-refractivity contribution in [1.29, 1.82) is 0 Å². The number of esters is 1. The molecule has 0 spiro atoms. The van der Waals surface area contributed by atoms with E-state index >= 15 is 0 Å². The van der Waals surface area contributed by atoms with Gasteiger partial charge in [-0.1, -0.05) is 24.3 Å². The van der Waals surface area contributed by atoms with Gasteiger partial charge in [0.05, 0.1) is 28.9 Å². The Kier molecular flexibility index (Phi) is 5.42. The number of carbonyl (C=O) groups excluding carboxylic acids is 2. The Hall–Kier alpha value is -3.76. The molecule has 1 saturated heterocycles. The van der Waals surface area contributed by atoms with E-state index in [4.69, 9.17) is 9.47 Å². The first kappa shape index (κ1) is 24.0. The highest BCUT2D eigenvalue weighted by atomic mass is 19.4. The zero-order valence-electron chi connectivity index (χ0n) is 18.5. The lowest BCUT2D eigenvalue weighted by molar-refractivity contribution is -0.143. The third-order valence-corrected chi connectivity index (χ3v) is 6.40. The lowest BCUT2D eigenvalue weighted by atomic mass is 9.94. The zero-order valence-corrected chi connectivity index (χ0v) is 18.5. The molecule has 2 aromatic carbocycles. The fourth-order valence-electron chi connectivity index (χ4n) is 4.74. The second kappa shape index (κ2) is 8.14. The molecule has 1 aliphatic carbocycles. The third-order valence-electron chi connectivity index (χ3n) is 6.40.